The summed E-state index contributed by atoms with van der Waals surface area (Å²) in [7, 11) is 0. The molecule has 0 bridgehead atoms. The summed E-state index contributed by atoms with van der Waals surface area (Å²) in [5.74, 6) is -0.695. The highest BCUT2D eigenvalue weighted by molar-refractivity contribution is 5.93. The summed E-state index contributed by atoms with van der Waals surface area (Å²) in [5, 5.41) is 0. The Morgan fingerprint density at radius 3 is 1.58 bits per heavy atom. The second-order valence-corrected chi connectivity index (χ2v) is 6.25. The number of hydrogen-bond donors (Lipinski definition) is 0. The summed E-state index contributed by atoms with van der Waals surface area (Å²) < 4.78 is 10.7. The lowest BCUT2D eigenvalue weighted by Gasteiger charge is -2.40. The lowest BCUT2D eigenvalue weighted by atomic mass is 9.62. The van der Waals surface area contributed by atoms with Crippen LogP contribution in [0.2, 0.25) is 0 Å². The summed E-state index contributed by atoms with van der Waals surface area (Å²) >= 11 is 0. The van der Waals surface area contributed by atoms with Gasteiger partial charge in [0.05, 0.1) is 13.2 Å². The third-order valence-electron chi connectivity index (χ3n) is 4.75. The molecular formula is C22H26O4. The van der Waals surface area contributed by atoms with E-state index in [0.29, 0.717) is 12.8 Å². The minimum Gasteiger partial charge on any atom is -0.465 e. The molecule has 1 aromatic carbocycles. The van der Waals surface area contributed by atoms with Gasteiger partial charge in [0.25, 0.3) is 0 Å². The Hall–Kier alpha value is -2.62. The molecule has 0 radical (unpaired) electrons. The Kier molecular flexibility index (Phi) is 6.19. The van der Waals surface area contributed by atoms with Crippen molar-refractivity contribution in [2.24, 2.45) is 0 Å². The second-order valence-electron chi connectivity index (χ2n) is 6.25. The van der Waals surface area contributed by atoms with E-state index in [0.717, 1.165) is 11.1 Å². The van der Waals surface area contributed by atoms with Gasteiger partial charge in [-0.25, -0.2) is 0 Å². The average molecular weight is 354 g/mol. The largest absolute Gasteiger partial charge is 0.465 e. The molecule has 26 heavy (non-hydrogen) atoms. The molecule has 0 aromatic heterocycles. The maximum Gasteiger partial charge on any atom is 0.320 e. The highest BCUT2D eigenvalue weighted by Crippen LogP contribution is 2.46. The Morgan fingerprint density at radius 2 is 1.27 bits per heavy atom. The van der Waals surface area contributed by atoms with Crippen molar-refractivity contribution in [3.63, 3.8) is 0 Å². The number of esters is 2. The zero-order chi connectivity index (χ0) is 19.2. The monoisotopic (exact) mass is 354 g/mol. The number of rotatable bonds is 8. The molecule has 1 aromatic rings. The van der Waals surface area contributed by atoms with Crippen LogP contribution in [0.1, 0.15) is 37.8 Å². The van der Waals surface area contributed by atoms with Crippen LogP contribution in [-0.4, -0.2) is 25.2 Å². The van der Waals surface area contributed by atoms with Gasteiger partial charge in [0.15, 0.2) is 0 Å². The van der Waals surface area contributed by atoms with Gasteiger partial charge in [0, 0.05) is 0 Å². The number of allylic oxidation sites excluding steroid dienone is 2. The molecule has 1 aliphatic rings. The number of ether oxygens (including phenoxy) is 2. The first kappa shape index (κ1) is 19.7. The van der Waals surface area contributed by atoms with Gasteiger partial charge in [0.1, 0.15) is 10.8 Å². The van der Waals surface area contributed by atoms with E-state index >= 15 is 0 Å². The first-order valence-corrected chi connectivity index (χ1v) is 8.89. The number of hydrogen-bond acceptors (Lipinski definition) is 4. The van der Waals surface area contributed by atoms with Crippen molar-refractivity contribution < 1.29 is 19.1 Å². The first-order chi connectivity index (χ1) is 12.5. The summed E-state index contributed by atoms with van der Waals surface area (Å²) in [6, 6.07) is 7.46. The second kappa shape index (κ2) is 8.17. The molecule has 4 heteroatoms. The maximum absolute atomic E-state index is 12.9. The van der Waals surface area contributed by atoms with Gasteiger partial charge >= 0.3 is 11.9 Å². The first-order valence-electron chi connectivity index (χ1n) is 8.89. The normalized spacial score (nSPS) is 23.6. The lowest BCUT2D eigenvalue weighted by molar-refractivity contribution is -0.150. The van der Waals surface area contributed by atoms with Gasteiger partial charge in [0.2, 0.25) is 0 Å². The molecule has 0 heterocycles. The molecule has 0 aliphatic heterocycles. The van der Waals surface area contributed by atoms with Gasteiger partial charge in [-0.2, -0.15) is 0 Å². The molecular weight excluding hydrogens is 328 g/mol. The molecule has 1 aliphatic carbocycles. The van der Waals surface area contributed by atoms with E-state index in [2.05, 4.69) is 13.2 Å². The SMILES string of the molecule is C=CC[C@]1(C(=O)OCC)C=C[C@@](CC=C)(C(=O)OCC)c2ccccc21. The maximum atomic E-state index is 12.9. The molecule has 0 unspecified atom stereocenters. The van der Waals surface area contributed by atoms with E-state index in [1.54, 1.807) is 38.2 Å². The third kappa shape index (κ3) is 3.12. The number of benzene rings is 1. The Morgan fingerprint density at radius 1 is 0.885 bits per heavy atom. The predicted octanol–water partition coefficient (Wildman–Crippen LogP) is 4.01. The van der Waals surface area contributed by atoms with Gasteiger partial charge < -0.3 is 9.47 Å². The number of fused-ring (bicyclic) bond motifs is 1. The van der Waals surface area contributed by atoms with Crippen LogP contribution >= 0.6 is 0 Å². The van der Waals surface area contributed by atoms with Gasteiger partial charge in [-0.05, 0) is 37.8 Å². The van der Waals surface area contributed by atoms with Crippen LogP contribution in [0.4, 0.5) is 0 Å². The molecule has 138 valence electrons. The van der Waals surface area contributed by atoms with Crippen molar-refractivity contribution in [3.8, 4) is 0 Å². The summed E-state index contributed by atoms with van der Waals surface area (Å²) in [4.78, 5) is 25.8. The van der Waals surface area contributed by atoms with Crippen LogP contribution in [0.3, 0.4) is 0 Å². The molecule has 0 N–H and O–H groups in total. The van der Waals surface area contributed by atoms with Gasteiger partial charge in [-0.15, -0.1) is 13.2 Å². The van der Waals surface area contributed by atoms with Crippen LogP contribution in [0, 0.1) is 0 Å². The van der Waals surface area contributed by atoms with Crippen molar-refractivity contribution in [3.05, 3.63) is 72.9 Å². The van der Waals surface area contributed by atoms with E-state index in [1.165, 1.54) is 0 Å². The van der Waals surface area contributed by atoms with Crippen molar-refractivity contribution in [1.82, 2.24) is 0 Å². The molecule has 0 saturated heterocycles. The van der Waals surface area contributed by atoms with Crippen LogP contribution < -0.4 is 0 Å². The summed E-state index contributed by atoms with van der Waals surface area (Å²) in [6.07, 6.45) is 7.70. The number of carbonyl (C=O) groups excluding carboxylic acids is 2. The third-order valence-corrected chi connectivity index (χ3v) is 4.75. The molecule has 0 spiro atoms. The summed E-state index contributed by atoms with van der Waals surface area (Å²) in [6.45, 7) is 11.7. The predicted molar refractivity (Wildman–Crippen MR) is 102 cm³/mol. The van der Waals surface area contributed by atoms with Crippen molar-refractivity contribution >= 4 is 11.9 Å². The van der Waals surface area contributed by atoms with E-state index in [-0.39, 0.29) is 25.2 Å². The molecule has 2 rings (SSSR count). The average Bonchev–Trinajstić information content (AvgIpc) is 2.64. The van der Waals surface area contributed by atoms with Crippen LogP contribution in [0.25, 0.3) is 0 Å². The van der Waals surface area contributed by atoms with Crippen molar-refractivity contribution in [1.29, 1.82) is 0 Å². The van der Waals surface area contributed by atoms with E-state index in [4.69, 9.17) is 9.47 Å². The molecule has 4 nitrogen and oxygen atoms in total. The fraction of sp³-hybridized carbons (Fsp3) is 0.364. The van der Waals surface area contributed by atoms with E-state index in [9.17, 15) is 9.59 Å². The van der Waals surface area contributed by atoms with Gasteiger partial charge in [-0.1, -0.05) is 48.6 Å². The van der Waals surface area contributed by atoms with Crippen LogP contribution in [0.5, 0.6) is 0 Å². The molecule has 0 amide bonds. The minimum absolute atomic E-state index is 0.281. The highest BCUT2D eigenvalue weighted by Gasteiger charge is 2.50. The van der Waals surface area contributed by atoms with Crippen molar-refractivity contribution in [2.45, 2.75) is 37.5 Å². The fourth-order valence-corrected chi connectivity index (χ4v) is 3.58. The van der Waals surface area contributed by atoms with E-state index < -0.39 is 10.8 Å². The highest BCUT2D eigenvalue weighted by atomic mass is 16.5. The zero-order valence-electron chi connectivity index (χ0n) is 15.5. The van der Waals surface area contributed by atoms with E-state index in [1.807, 2.05) is 24.3 Å². The Labute approximate surface area is 155 Å². The minimum atomic E-state index is -0.995. The standard InChI is InChI=1S/C22H26O4/c1-5-13-21(19(23)25-7-3)15-16-22(14-6-2,20(24)26-8-4)18-12-10-9-11-17(18)21/h5-6,9-12,15-16H,1-2,7-8,13-14H2,3-4H3/t21-,22+. The van der Waals surface area contributed by atoms with Crippen LogP contribution in [-0.2, 0) is 29.9 Å². The fourth-order valence-electron chi connectivity index (χ4n) is 3.58. The smallest absolute Gasteiger partial charge is 0.320 e. The molecule has 2 atom stereocenters. The van der Waals surface area contributed by atoms with Crippen molar-refractivity contribution in [2.75, 3.05) is 13.2 Å². The Bertz CT molecular complexity index is 672. The zero-order valence-corrected chi connectivity index (χ0v) is 15.5. The number of carbonyl (C=O) groups is 2. The quantitative estimate of drug-likeness (QED) is 0.523. The lowest BCUT2D eigenvalue weighted by Crippen LogP contribution is -2.46. The molecule has 0 saturated carbocycles. The topological polar surface area (TPSA) is 52.6 Å². The summed E-state index contributed by atoms with van der Waals surface area (Å²) in [5.41, 5.74) is -0.497. The molecule has 0 fully saturated rings. The Balaban J connectivity index is 2.74. The van der Waals surface area contributed by atoms with Crippen LogP contribution in [0.15, 0.2) is 61.7 Å². The van der Waals surface area contributed by atoms with Gasteiger partial charge in [-0.3, -0.25) is 9.59 Å².